The molecule has 2 aliphatic rings. The predicted octanol–water partition coefficient (Wildman–Crippen LogP) is 4.42. The topological polar surface area (TPSA) is 110 Å². The lowest BCUT2D eigenvalue weighted by Gasteiger charge is -2.32. The second-order valence-corrected chi connectivity index (χ2v) is 9.67. The Balaban J connectivity index is 1.48. The van der Waals surface area contributed by atoms with E-state index in [0.29, 0.717) is 55.4 Å². The van der Waals surface area contributed by atoms with E-state index in [1.165, 1.54) is 27.7 Å². The molecule has 4 heterocycles. The highest BCUT2D eigenvalue weighted by atomic mass is 35.5. The second-order valence-electron chi connectivity index (χ2n) is 9.26. The quantitative estimate of drug-likeness (QED) is 0.488. The zero-order valence-electron chi connectivity index (χ0n) is 20.0. The van der Waals surface area contributed by atoms with Gasteiger partial charge < -0.3 is 24.6 Å². The summed E-state index contributed by atoms with van der Waals surface area (Å²) in [5.74, 6) is -0.148. The molecule has 2 atom stereocenters. The molecule has 2 unspecified atom stereocenters. The van der Waals surface area contributed by atoms with Crippen molar-refractivity contribution in [2.45, 2.75) is 43.8 Å². The number of carbonyl (C=O) groups is 1. The minimum absolute atomic E-state index is 0.0411. The maximum atomic E-state index is 14.4. The fourth-order valence-electron chi connectivity index (χ4n) is 5.12. The number of aromatic nitrogens is 3. The summed E-state index contributed by atoms with van der Waals surface area (Å²) in [6.07, 6.45) is 5.11. The van der Waals surface area contributed by atoms with Gasteiger partial charge in [-0.15, -0.1) is 0 Å². The van der Waals surface area contributed by atoms with E-state index in [9.17, 15) is 19.1 Å². The van der Waals surface area contributed by atoms with Crippen molar-refractivity contribution in [3.63, 3.8) is 0 Å². The average molecular weight is 528 g/mol. The number of likely N-dealkylation sites (tertiary alicyclic amines) is 1. The fourth-order valence-corrected chi connectivity index (χ4v) is 5.23. The normalized spacial score (nSPS) is 19.1. The van der Waals surface area contributed by atoms with Crippen LogP contribution in [0, 0.1) is 5.82 Å². The molecule has 1 aromatic carbocycles. The third-order valence-electron chi connectivity index (χ3n) is 6.95. The van der Waals surface area contributed by atoms with E-state index in [0.717, 1.165) is 12.8 Å². The van der Waals surface area contributed by atoms with E-state index in [1.807, 2.05) is 0 Å². The van der Waals surface area contributed by atoms with Gasteiger partial charge in [0.05, 0.1) is 22.8 Å². The third kappa shape index (κ3) is 5.45. The van der Waals surface area contributed by atoms with Crippen molar-refractivity contribution in [2.75, 3.05) is 25.1 Å². The molecule has 194 valence electrons. The molecule has 2 saturated heterocycles. The molecule has 0 aliphatic carbocycles. The van der Waals surface area contributed by atoms with Crippen molar-refractivity contribution in [2.24, 2.45) is 0 Å². The summed E-state index contributed by atoms with van der Waals surface area (Å²) in [7, 11) is 0. The number of nitrogens with one attached hydrogen (secondary N) is 1. The Kier molecular flexibility index (Phi) is 7.38. The van der Waals surface area contributed by atoms with Crippen molar-refractivity contribution in [1.82, 2.24) is 19.4 Å². The van der Waals surface area contributed by atoms with Crippen LogP contribution in [0.25, 0.3) is 11.3 Å². The van der Waals surface area contributed by atoms with Crippen molar-refractivity contribution in [3.8, 4) is 11.3 Å². The van der Waals surface area contributed by atoms with Crippen LogP contribution in [0.2, 0.25) is 5.02 Å². The molecule has 0 saturated carbocycles. The smallest absolute Gasteiger partial charge is 0.407 e. The van der Waals surface area contributed by atoms with Gasteiger partial charge in [0.2, 0.25) is 5.95 Å². The summed E-state index contributed by atoms with van der Waals surface area (Å²) in [5, 5.41) is 13.0. The number of pyridine rings is 1. The van der Waals surface area contributed by atoms with Crippen molar-refractivity contribution < 1.29 is 19.0 Å². The minimum atomic E-state index is -1.07. The molecule has 2 fully saturated rings. The predicted molar refractivity (Wildman–Crippen MR) is 136 cm³/mol. The van der Waals surface area contributed by atoms with E-state index < -0.39 is 24.0 Å². The van der Waals surface area contributed by atoms with Crippen LogP contribution in [-0.2, 0) is 4.74 Å². The second kappa shape index (κ2) is 10.9. The number of hydrogen-bond donors (Lipinski definition) is 2. The first kappa shape index (κ1) is 25.2. The first-order chi connectivity index (χ1) is 17.9. The summed E-state index contributed by atoms with van der Waals surface area (Å²) in [6, 6.07) is 8.23. The number of amides is 1. The monoisotopic (exact) mass is 527 g/mol. The van der Waals surface area contributed by atoms with Crippen LogP contribution < -0.4 is 10.9 Å². The minimum Gasteiger partial charge on any atom is -0.465 e. The first-order valence-electron chi connectivity index (χ1n) is 12.2. The van der Waals surface area contributed by atoms with Gasteiger partial charge in [0.25, 0.3) is 5.56 Å². The average Bonchev–Trinajstić information content (AvgIpc) is 3.38. The summed E-state index contributed by atoms with van der Waals surface area (Å²) in [5.41, 5.74) is 1.30. The molecule has 11 heteroatoms. The maximum Gasteiger partial charge on any atom is 0.407 e. The fraction of sp³-hybridized carbons (Fsp3) is 0.385. The molecular formula is C26H27ClFN5O4. The maximum absolute atomic E-state index is 14.4. The molecule has 5 rings (SSSR count). The SMILES string of the molecule is O=C(O)N1CCCC1C(c1ccc(Cl)c(F)c1)n1ccc(-c2ccnc(NC3CCOCC3)n2)cc1=O. The Labute approximate surface area is 217 Å². The van der Waals surface area contributed by atoms with Gasteiger partial charge in [0.1, 0.15) is 5.82 Å². The Bertz CT molecular complexity index is 1350. The van der Waals surface area contributed by atoms with E-state index in [2.05, 4.69) is 15.3 Å². The van der Waals surface area contributed by atoms with Crippen LogP contribution in [0.1, 0.15) is 37.3 Å². The highest BCUT2D eigenvalue weighted by molar-refractivity contribution is 6.30. The molecule has 9 nitrogen and oxygen atoms in total. The molecular weight excluding hydrogens is 501 g/mol. The van der Waals surface area contributed by atoms with E-state index in [1.54, 1.807) is 30.6 Å². The van der Waals surface area contributed by atoms with Crippen LogP contribution in [0.3, 0.4) is 0 Å². The molecule has 0 spiro atoms. The molecule has 37 heavy (non-hydrogen) atoms. The largest absolute Gasteiger partial charge is 0.465 e. The van der Waals surface area contributed by atoms with Crippen molar-refractivity contribution >= 4 is 23.6 Å². The third-order valence-corrected chi connectivity index (χ3v) is 7.25. The van der Waals surface area contributed by atoms with Gasteiger partial charge in [-0.2, -0.15) is 0 Å². The lowest BCUT2D eigenvalue weighted by Crippen LogP contribution is -2.43. The summed E-state index contributed by atoms with van der Waals surface area (Å²) >= 11 is 5.89. The molecule has 0 bridgehead atoms. The Morgan fingerprint density at radius 3 is 2.73 bits per heavy atom. The molecule has 2 N–H and O–H groups in total. The van der Waals surface area contributed by atoms with Gasteiger partial charge in [-0.25, -0.2) is 19.2 Å². The van der Waals surface area contributed by atoms with Gasteiger partial charge in [0, 0.05) is 49.8 Å². The zero-order valence-corrected chi connectivity index (χ0v) is 20.8. The summed E-state index contributed by atoms with van der Waals surface area (Å²) in [6.45, 7) is 1.73. The molecule has 1 amide bonds. The lowest BCUT2D eigenvalue weighted by atomic mass is 9.96. The van der Waals surface area contributed by atoms with Crippen molar-refractivity contribution in [3.05, 3.63) is 75.5 Å². The summed E-state index contributed by atoms with van der Waals surface area (Å²) in [4.78, 5) is 35.5. The number of rotatable bonds is 6. The first-order valence-corrected chi connectivity index (χ1v) is 12.6. The number of carboxylic acid groups (broad SMARTS) is 1. The van der Waals surface area contributed by atoms with Crippen LogP contribution in [-0.4, -0.2) is 62.5 Å². The highest BCUT2D eigenvalue weighted by Crippen LogP contribution is 2.33. The molecule has 3 aromatic rings. The molecule has 2 aliphatic heterocycles. The molecule has 2 aromatic heterocycles. The van der Waals surface area contributed by atoms with E-state index >= 15 is 0 Å². The standard InChI is InChI=1S/C26H27ClFN5O4/c27-19-4-3-17(14-20(19)28)24(22-2-1-10-32(22)26(35)36)33-11-6-16(15-23(33)34)21-5-9-29-25(31-21)30-18-7-12-37-13-8-18/h3-6,9,11,14-15,18,22,24H,1-2,7-8,10,12-13H2,(H,35,36)(H,29,30,31). The van der Waals surface area contributed by atoms with Crippen LogP contribution >= 0.6 is 11.6 Å². The van der Waals surface area contributed by atoms with Gasteiger partial charge >= 0.3 is 6.09 Å². The zero-order chi connectivity index (χ0) is 25.9. The Morgan fingerprint density at radius 1 is 1.19 bits per heavy atom. The van der Waals surface area contributed by atoms with E-state index in [-0.39, 0.29) is 16.6 Å². The number of hydrogen-bond acceptors (Lipinski definition) is 6. The molecule has 0 radical (unpaired) electrons. The van der Waals surface area contributed by atoms with E-state index in [4.69, 9.17) is 16.3 Å². The number of halogens is 2. The van der Waals surface area contributed by atoms with Crippen LogP contribution in [0.15, 0.2) is 53.6 Å². The Hall–Kier alpha value is -3.50. The van der Waals surface area contributed by atoms with Gasteiger partial charge in [-0.1, -0.05) is 17.7 Å². The lowest BCUT2D eigenvalue weighted by molar-refractivity contribution is 0.0903. The number of anilines is 1. The number of benzene rings is 1. The van der Waals surface area contributed by atoms with Crippen molar-refractivity contribution in [1.29, 1.82) is 0 Å². The highest BCUT2D eigenvalue weighted by Gasteiger charge is 2.37. The summed E-state index contributed by atoms with van der Waals surface area (Å²) < 4.78 is 21.3. The number of nitrogens with zero attached hydrogens (tertiary/aromatic N) is 4. The Morgan fingerprint density at radius 2 is 2.00 bits per heavy atom. The van der Waals surface area contributed by atoms with Gasteiger partial charge in [-0.3, -0.25) is 4.79 Å². The number of ether oxygens (including phenoxy) is 1. The van der Waals surface area contributed by atoms with Gasteiger partial charge in [0.15, 0.2) is 0 Å². The van der Waals surface area contributed by atoms with Crippen LogP contribution in [0.4, 0.5) is 15.1 Å². The van der Waals surface area contributed by atoms with Gasteiger partial charge in [-0.05, 0) is 55.5 Å². The van der Waals surface area contributed by atoms with Crippen LogP contribution in [0.5, 0.6) is 0 Å².